The smallest absolute Gasteiger partial charge is 0.264 e. The van der Waals surface area contributed by atoms with E-state index in [2.05, 4.69) is 5.32 Å². The van der Waals surface area contributed by atoms with Crippen LogP contribution in [-0.4, -0.2) is 20.9 Å². The van der Waals surface area contributed by atoms with Gasteiger partial charge in [0.05, 0.1) is 21.3 Å². The number of nitrogens with one attached hydrogen (secondary N) is 1. The lowest BCUT2D eigenvalue weighted by Gasteiger charge is -2.26. The minimum absolute atomic E-state index is 0.125. The van der Waals surface area contributed by atoms with Gasteiger partial charge in [0.15, 0.2) is 0 Å². The molecule has 0 saturated carbocycles. The second kappa shape index (κ2) is 8.90. The predicted octanol–water partition coefficient (Wildman–Crippen LogP) is 5.10. The predicted molar refractivity (Wildman–Crippen MR) is 122 cm³/mol. The molecule has 1 amide bonds. The molecule has 7 heteroatoms. The lowest BCUT2D eigenvalue weighted by atomic mass is 10.1. The van der Waals surface area contributed by atoms with Crippen molar-refractivity contribution in [3.63, 3.8) is 0 Å². The highest BCUT2D eigenvalue weighted by Gasteiger charge is 2.28. The van der Waals surface area contributed by atoms with Crippen molar-refractivity contribution in [2.75, 3.05) is 16.2 Å². The van der Waals surface area contributed by atoms with Crippen LogP contribution in [0.5, 0.6) is 0 Å². The number of sulfonamides is 1. The van der Waals surface area contributed by atoms with Gasteiger partial charge >= 0.3 is 0 Å². The van der Waals surface area contributed by atoms with E-state index in [9.17, 15) is 13.2 Å². The molecule has 3 rings (SSSR count). The van der Waals surface area contributed by atoms with E-state index in [0.29, 0.717) is 16.4 Å². The minimum atomic E-state index is -3.97. The number of amides is 1. The number of aryl methyl sites for hydroxylation is 2. The molecule has 0 atom stereocenters. The molecule has 0 saturated heterocycles. The Morgan fingerprint density at radius 1 is 0.933 bits per heavy atom. The Bertz CT molecular complexity index is 1180. The fourth-order valence-electron chi connectivity index (χ4n) is 3.03. The van der Waals surface area contributed by atoms with Gasteiger partial charge in [0, 0.05) is 0 Å². The van der Waals surface area contributed by atoms with Crippen LogP contribution in [0.15, 0.2) is 71.6 Å². The molecule has 0 spiro atoms. The summed E-state index contributed by atoms with van der Waals surface area (Å²) in [6.07, 6.45) is 0. The molecule has 3 aromatic rings. The summed E-state index contributed by atoms with van der Waals surface area (Å²) >= 11 is 6.12. The summed E-state index contributed by atoms with van der Waals surface area (Å²) in [6.45, 7) is 5.25. The summed E-state index contributed by atoms with van der Waals surface area (Å²) in [5, 5.41) is 3.08. The number of rotatable bonds is 6. The maximum absolute atomic E-state index is 13.5. The van der Waals surface area contributed by atoms with Gasteiger partial charge in [-0.05, 0) is 62.2 Å². The molecule has 0 radical (unpaired) electrons. The Kier molecular flexibility index (Phi) is 6.48. The van der Waals surface area contributed by atoms with Gasteiger partial charge in [-0.1, -0.05) is 53.6 Å². The van der Waals surface area contributed by atoms with Crippen LogP contribution in [0.1, 0.15) is 16.7 Å². The summed E-state index contributed by atoms with van der Waals surface area (Å²) in [6, 6.07) is 18.8. The molecular formula is C23H23ClN2O3S. The highest BCUT2D eigenvalue weighted by atomic mass is 35.5. The van der Waals surface area contributed by atoms with Gasteiger partial charge < -0.3 is 5.32 Å². The molecule has 0 bridgehead atoms. The van der Waals surface area contributed by atoms with E-state index < -0.39 is 15.9 Å². The van der Waals surface area contributed by atoms with Crippen LogP contribution in [0.25, 0.3) is 0 Å². The van der Waals surface area contributed by atoms with E-state index in [4.69, 9.17) is 11.6 Å². The van der Waals surface area contributed by atoms with E-state index in [1.807, 2.05) is 26.8 Å². The Hall–Kier alpha value is -2.83. The van der Waals surface area contributed by atoms with Gasteiger partial charge in [0.2, 0.25) is 5.91 Å². The van der Waals surface area contributed by atoms with Crippen molar-refractivity contribution >= 4 is 38.9 Å². The van der Waals surface area contributed by atoms with Crippen LogP contribution < -0.4 is 9.62 Å². The molecule has 0 aliphatic rings. The van der Waals surface area contributed by atoms with E-state index >= 15 is 0 Å². The minimum Gasteiger partial charge on any atom is -0.323 e. The average Bonchev–Trinajstić information content (AvgIpc) is 2.70. The highest BCUT2D eigenvalue weighted by Crippen LogP contribution is 2.29. The van der Waals surface area contributed by atoms with Gasteiger partial charge in [0.1, 0.15) is 6.54 Å². The zero-order chi connectivity index (χ0) is 21.9. The van der Waals surface area contributed by atoms with Gasteiger partial charge in [-0.15, -0.1) is 0 Å². The largest absolute Gasteiger partial charge is 0.323 e. The number of hydrogen-bond donors (Lipinski definition) is 1. The van der Waals surface area contributed by atoms with Gasteiger partial charge in [-0.25, -0.2) is 8.42 Å². The first kappa shape index (κ1) is 21.9. The van der Waals surface area contributed by atoms with Crippen LogP contribution in [0, 0.1) is 20.8 Å². The molecule has 0 heterocycles. The van der Waals surface area contributed by atoms with Crippen molar-refractivity contribution in [1.29, 1.82) is 0 Å². The molecule has 156 valence electrons. The van der Waals surface area contributed by atoms with Crippen molar-refractivity contribution in [1.82, 2.24) is 0 Å². The van der Waals surface area contributed by atoms with Crippen molar-refractivity contribution in [2.24, 2.45) is 0 Å². The van der Waals surface area contributed by atoms with E-state index in [-0.39, 0.29) is 11.4 Å². The number of hydrogen-bond acceptors (Lipinski definition) is 3. The molecule has 3 aromatic carbocycles. The van der Waals surface area contributed by atoms with Crippen LogP contribution in [0.4, 0.5) is 11.4 Å². The zero-order valence-electron chi connectivity index (χ0n) is 17.0. The first-order valence-corrected chi connectivity index (χ1v) is 11.2. The summed E-state index contributed by atoms with van der Waals surface area (Å²) in [5.74, 6) is -0.486. The molecule has 1 N–H and O–H groups in total. The molecule has 0 fully saturated rings. The van der Waals surface area contributed by atoms with Crippen LogP contribution in [-0.2, 0) is 14.8 Å². The number of para-hydroxylation sites is 1. The number of anilines is 2. The summed E-state index contributed by atoms with van der Waals surface area (Å²) in [5.41, 5.74) is 3.56. The Morgan fingerprint density at radius 2 is 1.60 bits per heavy atom. The average molecular weight is 443 g/mol. The fraction of sp³-hybridized carbons (Fsp3) is 0.174. The number of nitrogens with zero attached hydrogens (tertiary/aromatic N) is 1. The normalized spacial score (nSPS) is 11.2. The van der Waals surface area contributed by atoms with Gasteiger partial charge in [0.25, 0.3) is 10.0 Å². The summed E-state index contributed by atoms with van der Waals surface area (Å²) in [7, 11) is -3.97. The zero-order valence-corrected chi connectivity index (χ0v) is 18.6. The molecule has 0 aliphatic heterocycles. The van der Waals surface area contributed by atoms with Crippen LogP contribution in [0.2, 0.25) is 5.02 Å². The molecule has 0 aliphatic carbocycles. The van der Waals surface area contributed by atoms with Crippen molar-refractivity contribution in [3.05, 3.63) is 88.4 Å². The Labute approximate surface area is 182 Å². The Morgan fingerprint density at radius 3 is 2.27 bits per heavy atom. The number of carbonyl (C=O) groups is 1. The molecule has 30 heavy (non-hydrogen) atoms. The summed E-state index contributed by atoms with van der Waals surface area (Å²) < 4.78 is 28.1. The third-order valence-corrected chi connectivity index (χ3v) is 6.99. The monoisotopic (exact) mass is 442 g/mol. The van der Waals surface area contributed by atoms with Gasteiger partial charge in [-0.2, -0.15) is 0 Å². The van der Waals surface area contributed by atoms with E-state index in [1.54, 1.807) is 60.7 Å². The summed E-state index contributed by atoms with van der Waals surface area (Å²) in [4.78, 5) is 12.9. The lowest BCUT2D eigenvalue weighted by molar-refractivity contribution is -0.114. The van der Waals surface area contributed by atoms with E-state index in [1.165, 1.54) is 0 Å². The lowest BCUT2D eigenvalue weighted by Crippen LogP contribution is -2.38. The number of benzene rings is 3. The molecule has 0 unspecified atom stereocenters. The number of halogens is 1. The van der Waals surface area contributed by atoms with Gasteiger partial charge in [-0.3, -0.25) is 9.10 Å². The molecule has 0 aromatic heterocycles. The quantitative estimate of drug-likeness (QED) is 0.577. The van der Waals surface area contributed by atoms with Crippen molar-refractivity contribution in [3.8, 4) is 0 Å². The first-order valence-electron chi connectivity index (χ1n) is 9.40. The second-order valence-electron chi connectivity index (χ2n) is 7.07. The third kappa shape index (κ3) is 4.66. The van der Waals surface area contributed by atoms with Crippen molar-refractivity contribution < 1.29 is 13.2 Å². The van der Waals surface area contributed by atoms with Crippen LogP contribution >= 0.6 is 11.6 Å². The standard InChI is InChI=1S/C23H23ClN2O3S/c1-16-11-13-19(14-12-16)30(28,29)26(22-10-6-7-17(2)18(22)3)15-23(27)25-21-9-5-4-8-20(21)24/h4-14H,15H2,1-3H3,(H,25,27). The topological polar surface area (TPSA) is 66.5 Å². The molecule has 5 nitrogen and oxygen atoms in total. The third-order valence-electron chi connectivity index (χ3n) is 4.89. The highest BCUT2D eigenvalue weighted by molar-refractivity contribution is 7.92. The second-order valence-corrected chi connectivity index (χ2v) is 9.34. The number of carbonyl (C=O) groups excluding carboxylic acids is 1. The Balaban J connectivity index is 2.02. The van der Waals surface area contributed by atoms with Crippen molar-refractivity contribution in [2.45, 2.75) is 25.7 Å². The SMILES string of the molecule is Cc1ccc(S(=O)(=O)N(CC(=O)Nc2ccccc2Cl)c2cccc(C)c2C)cc1. The van der Waals surface area contributed by atoms with E-state index in [0.717, 1.165) is 21.0 Å². The fourth-order valence-corrected chi connectivity index (χ4v) is 4.69. The van der Waals surface area contributed by atoms with Crippen LogP contribution in [0.3, 0.4) is 0 Å². The maximum atomic E-state index is 13.5. The first-order chi connectivity index (χ1) is 14.2. The maximum Gasteiger partial charge on any atom is 0.264 e. The molecular weight excluding hydrogens is 420 g/mol.